The van der Waals surface area contributed by atoms with E-state index < -0.39 is 17.2 Å². The van der Waals surface area contributed by atoms with Gasteiger partial charge in [0.15, 0.2) is 0 Å². The maximum atomic E-state index is 13.0. The molecule has 0 bridgehead atoms. The smallest absolute Gasteiger partial charge is 0.251 e. The minimum Gasteiger partial charge on any atom is -0.368 e. The Morgan fingerprint density at radius 3 is 2.37 bits per heavy atom. The van der Waals surface area contributed by atoms with Crippen LogP contribution >= 0.6 is 11.6 Å². The molecule has 0 unspecified atom stereocenters. The van der Waals surface area contributed by atoms with Crippen molar-refractivity contribution in [1.82, 2.24) is 5.32 Å². The Labute approximate surface area is 162 Å². The van der Waals surface area contributed by atoms with Crippen LogP contribution in [0.4, 0.5) is 5.69 Å². The monoisotopic (exact) mass is 385 g/mol. The van der Waals surface area contributed by atoms with Crippen LogP contribution in [0, 0.1) is 0 Å². The van der Waals surface area contributed by atoms with Crippen LogP contribution in [-0.4, -0.2) is 24.3 Å². The first-order valence-electron chi connectivity index (χ1n) is 8.65. The van der Waals surface area contributed by atoms with Gasteiger partial charge in [-0.15, -0.1) is 0 Å². The second kappa shape index (κ2) is 7.80. The summed E-state index contributed by atoms with van der Waals surface area (Å²) in [6.07, 6.45) is 2.50. The Morgan fingerprint density at radius 1 is 1.07 bits per heavy atom. The number of nitrogens with one attached hydrogen (secondary N) is 2. The van der Waals surface area contributed by atoms with Crippen LogP contribution in [0.25, 0.3) is 0 Å². The molecule has 0 heterocycles. The largest absolute Gasteiger partial charge is 0.368 e. The number of halogens is 1. The van der Waals surface area contributed by atoms with Gasteiger partial charge in [-0.05, 0) is 48.7 Å². The molecular weight excluding hydrogens is 366 g/mol. The van der Waals surface area contributed by atoms with Crippen molar-refractivity contribution >= 4 is 35.0 Å². The van der Waals surface area contributed by atoms with Gasteiger partial charge in [-0.3, -0.25) is 14.4 Å². The molecule has 0 atom stereocenters. The SMILES string of the molecule is NC(=O)CNC(=O)c1cccc(NC(=O)C2(c3ccc(Cl)cc3)CCC2)c1. The summed E-state index contributed by atoms with van der Waals surface area (Å²) in [5.41, 5.74) is 6.25. The molecule has 1 aliphatic rings. The van der Waals surface area contributed by atoms with Crippen LogP contribution in [0.3, 0.4) is 0 Å². The number of nitrogens with two attached hydrogens (primary N) is 1. The van der Waals surface area contributed by atoms with Gasteiger partial charge in [-0.2, -0.15) is 0 Å². The van der Waals surface area contributed by atoms with Crippen LogP contribution in [-0.2, 0) is 15.0 Å². The average Bonchev–Trinajstić information content (AvgIpc) is 2.60. The summed E-state index contributed by atoms with van der Waals surface area (Å²) in [5.74, 6) is -1.16. The molecule has 4 N–H and O–H groups in total. The first-order chi connectivity index (χ1) is 12.9. The van der Waals surface area contributed by atoms with Crippen molar-refractivity contribution in [3.63, 3.8) is 0 Å². The second-order valence-electron chi connectivity index (χ2n) is 6.63. The normalized spacial score (nSPS) is 14.7. The number of rotatable bonds is 6. The molecule has 2 aromatic carbocycles. The molecule has 1 aliphatic carbocycles. The number of hydrogen-bond acceptors (Lipinski definition) is 3. The van der Waals surface area contributed by atoms with E-state index in [1.54, 1.807) is 36.4 Å². The molecule has 27 heavy (non-hydrogen) atoms. The van der Waals surface area contributed by atoms with Crippen molar-refractivity contribution in [3.05, 3.63) is 64.7 Å². The Kier molecular flexibility index (Phi) is 5.46. The third-order valence-electron chi connectivity index (χ3n) is 4.84. The lowest BCUT2D eigenvalue weighted by Crippen LogP contribution is -2.46. The van der Waals surface area contributed by atoms with E-state index >= 15 is 0 Å². The van der Waals surface area contributed by atoms with Crippen molar-refractivity contribution < 1.29 is 14.4 Å². The molecular formula is C20H20ClN3O3. The highest BCUT2D eigenvalue weighted by molar-refractivity contribution is 6.30. The van der Waals surface area contributed by atoms with E-state index in [0.29, 0.717) is 16.3 Å². The van der Waals surface area contributed by atoms with Crippen LogP contribution < -0.4 is 16.4 Å². The lowest BCUT2D eigenvalue weighted by Gasteiger charge is -2.40. The fourth-order valence-electron chi connectivity index (χ4n) is 3.20. The maximum absolute atomic E-state index is 13.0. The molecule has 1 fully saturated rings. The highest BCUT2D eigenvalue weighted by Crippen LogP contribution is 2.44. The second-order valence-corrected chi connectivity index (χ2v) is 7.06. The van der Waals surface area contributed by atoms with Gasteiger partial charge < -0.3 is 16.4 Å². The number of primary amides is 1. The minimum atomic E-state index is -0.623. The summed E-state index contributed by atoms with van der Waals surface area (Å²) in [7, 11) is 0. The predicted molar refractivity (Wildman–Crippen MR) is 104 cm³/mol. The molecule has 3 rings (SSSR count). The molecule has 3 amide bonds. The lowest BCUT2D eigenvalue weighted by molar-refractivity contribution is -0.124. The van der Waals surface area contributed by atoms with Crippen molar-refractivity contribution in [2.45, 2.75) is 24.7 Å². The zero-order chi connectivity index (χ0) is 19.4. The fraction of sp³-hybridized carbons (Fsp3) is 0.250. The predicted octanol–water partition coefficient (Wildman–Crippen LogP) is 2.62. The standard InChI is InChI=1S/C20H20ClN3O3/c21-15-7-5-14(6-8-15)20(9-2-10-20)19(27)24-16-4-1-3-13(11-16)18(26)23-12-17(22)25/h1,3-8,11H,2,9-10,12H2,(H2,22,25)(H,23,26)(H,24,27). The number of carbonyl (C=O) groups is 3. The van der Waals surface area contributed by atoms with Gasteiger partial charge >= 0.3 is 0 Å². The quantitative estimate of drug-likeness (QED) is 0.712. The van der Waals surface area contributed by atoms with Crippen LogP contribution in [0.5, 0.6) is 0 Å². The van der Waals surface area contributed by atoms with Gasteiger partial charge in [-0.1, -0.05) is 36.2 Å². The van der Waals surface area contributed by atoms with E-state index in [-0.39, 0.29) is 12.5 Å². The molecule has 2 aromatic rings. The Hall–Kier alpha value is -2.86. The van der Waals surface area contributed by atoms with Gasteiger partial charge in [0.1, 0.15) is 0 Å². The highest BCUT2D eigenvalue weighted by atomic mass is 35.5. The summed E-state index contributed by atoms with van der Waals surface area (Å²) in [6, 6.07) is 13.9. The van der Waals surface area contributed by atoms with Crippen molar-refractivity contribution in [2.24, 2.45) is 5.73 Å². The average molecular weight is 386 g/mol. The van der Waals surface area contributed by atoms with Gasteiger partial charge in [0.05, 0.1) is 12.0 Å². The molecule has 0 spiro atoms. The van der Waals surface area contributed by atoms with Gasteiger partial charge in [-0.25, -0.2) is 0 Å². The number of anilines is 1. The van der Waals surface area contributed by atoms with Gasteiger partial charge in [0, 0.05) is 16.3 Å². The first kappa shape index (κ1) is 18.9. The molecule has 1 saturated carbocycles. The van der Waals surface area contributed by atoms with Gasteiger partial charge in [0.2, 0.25) is 11.8 Å². The summed E-state index contributed by atoms with van der Waals surface area (Å²) in [5, 5.41) is 5.97. The van der Waals surface area contributed by atoms with E-state index in [2.05, 4.69) is 10.6 Å². The number of carbonyl (C=O) groups excluding carboxylic acids is 3. The first-order valence-corrected chi connectivity index (χ1v) is 9.02. The topological polar surface area (TPSA) is 101 Å². The molecule has 0 aliphatic heterocycles. The zero-order valence-corrected chi connectivity index (χ0v) is 15.4. The summed E-state index contributed by atoms with van der Waals surface area (Å²) in [6.45, 7) is -0.241. The van der Waals surface area contributed by atoms with Crippen molar-refractivity contribution in [3.8, 4) is 0 Å². The zero-order valence-electron chi connectivity index (χ0n) is 14.6. The van der Waals surface area contributed by atoms with Crippen LogP contribution in [0.15, 0.2) is 48.5 Å². The number of amides is 3. The van der Waals surface area contributed by atoms with E-state index in [1.807, 2.05) is 12.1 Å². The maximum Gasteiger partial charge on any atom is 0.251 e. The van der Waals surface area contributed by atoms with E-state index in [1.165, 1.54) is 0 Å². The molecule has 0 aromatic heterocycles. The van der Waals surface area contributed by atoms with Crippen molar-refractivity contribution in [2.75, 3.05) is 11.9 Å². The number of benzene rings is 2. The lowest BCUT2D eigenvalue weighted by atomic mass is 9.64. The van der Waals surface area contributed by atoms with Gasteiger partial charge in [0.25, 0.3) is 5.91 Å². The molecule has 0 radical (unpaired) electrons. The van der Waals surface area contributed by atoms with E-state index in [0.717, 1.165) is 24.8 Å². The third-order valence-corrected chi connectivity index (χ3v) is 5.10. The van der Waals surface area contributed by atoms with E-state index in [9.17, 15) is 14.4 Å². The van der Waals surface area contributed by atoms with Crippen LogP contribution in [0.1, 0.15) is 35.2 Å². The Balaban J connectivity index is 1.75. The molecule has 0 saturated heterocycles. The highest BCUT2D eigenvalue weighted by Gasteiger charge is 2.45. The minimum absolute atomic E-state index is 0.106. The fourth-order valence-corrected chi connectivity index (χ4v) is 3.33. The van der Waals surface area contributed by atoms with Crippen molar-refractivity contribution in [1.29, 1.82) is 0 Å². The molecule has 140 valence electrons. The van der Waals surface area contributed by atoms with E-state index in [4.69, 9.17) is 17.3 Å². The summed E-state index contributed by atoms with van der Waals surface area (Å²) in [4.78, 5) is 35.8. The van der Waals surface area contributed by atoms with Crippen LogP contribution in [0.2, 0.25) is 5.02 Å². The Bertz CT molecular complexity index is 876. The summed E-state index contributed by atoms with van der Waals surface area (Å²) < 4.78 is 0. The summed E-state index contributed by atoms with van der Waals surface area (Å²) >= 11 is 5.96. The molecule has 6 nitrogen and oxygen atoms in total. The number of hydrogen-bond donors (Lipinski definition) is 3. The molecule has 7 heteroatoms. The third kappa shape index (κ3) is 4.11. The Morgan fingerprint density at radius 2 is 1.78 bits per heavy atom.